The van der Waals surface area contributed by atoms with Crippen molar-refractivity contribution in [2.45, 2.75) is 38.2 Å². The Bertz CT molecular complexity index is 225. The van der Waals surface area contributed by atoms with E-state index in [1.54, 1.807) is 11.9 Å². The third kappa shape index (κ3) is 4.48. The molecular formula is C12H24F2N2O. The molecule has 0 heterocycles. The zero-order valence-electron chi connectivity index (χ0n) is 10.8. The van der Waals surface area contributed by atoms with Gasteiger partial charge in [0.25, 0.3) is 6.43 Å². The Kier molecular flexibility index (Phi) is 5.76. The predicted molar refractivity (Wildman–Crippen MR) is 64.3 cm³/mol. The molecule has 1 fully saturated rings. The standard InChI is InChI=1S/C12H24F2N2O/c1-3-6-15-12(9-17,10-4-5-10)8-16(2)7-11(13)14/h10-11,15,17H,3-9H2,1-2H3. The summed E-state index contributed by atoms with van der Waals surface area (Å²) in [5.41, 5.74) is -0.389. The smallest absolute Gasteiger partial charge is 0.251 e. The van der Waals surface area contributed by atoms with Gasteiger partial charge < -0.3 is 10.4 Å². The Morgan fingerprint density at radius 2 is 2.12 bits per heavy atom. The highest BCUT2D eigenvalue weighted by molar-refractivity contribution is 5.02. The molecule has 1 atom stereocenters. The van der Waals surface area contributed by atoms with Gasteiger partial charge >= 0.3 is 0 Å². The van der Waals surface area contributed by atoms with E-state index in [1.165, 1.54) is 0 Å². The van der Waals surface area contributed by atoms with E-state index in [9.17, 15) is 13.9 Å². The molecule has 0 aromatic carbocycles. The van der Waals surface area contributed by atoms with E-state index >= 15 is 0 Å². The van der Waals surface area contributed by atoms with Crippen LogP contribution in [0, 0.1) is 5.92 Å². The minimum absolute atomic E-state index is 0.0191. The fourth-order valence-corrected chi connectivity index (χ4v) is 2.36. The molecule has 1 saturated carbocycles. The average Bonchev–Trinajstić information content (AvgIpc) is 3.07. The van der Waals surface area contributed by atoms with Gasteiger partial charge in [0.2, 0.25) is 0 Å². The maximum absolute atomic E-state index is 12.3. The Balaban J connectivity index is 2.55. The van der Waals surface area contributed by atoms with Crippen molar-refractivity contribution in [3.8, 4) is 0 Å². The van der Waals surface area contributed by atoms with Gasteiger partial charge in [0.1, 0.15) is 0 Å². The van der Waals surface area contributed by atoms with Crippen LogP contribution in [0.25, 0.3) is 0 Å². The minimum atomic E-state index is -2.32. The molecule has 0 radical (unpaired) electrons. The molecule has 0 amide bonds. The third-order valence-electron chi connectivity index (χ3n) is 3.37. The largest absolute Gasteiger partial charge is 0.394 e. The summed E-state index contributed by atoms with van der Waals surface area (Å²) in [6, 6.07) is 0. The number of nitrogens with zero attached hydrogens (tertiary/aromatic N) is 1. The first-order valence-electron chi connectivity index (χ1n) is 6.36. The van der Waals surface area contributed by atoms with E-state index in [4.69, 9.17) is 0 Å². The van der Waals surface area contributed by atoms with E-state index in [-0.39, 0.29) is 18.7 Å². The fourth-order valence-electron chi connectivity index (χ4n) is 2.36. The second-order valence-electron chi connectivity index (χ2n) is 5.10. The molecule has 0 aromatic heterocycles. The van der Waals surface area contributed by atoms with E-state index in [1.807, 2.05) is 0 Å². The Morgan fingerprint density at radius 3 is 2.53 bits per heavy atom. The molecule has 5 heteroatoms. The van der Waals surface area contributed by atoms with Crippen molar-refractivity contribution in [3.05, 3.63) is 0 Å². The molecule has 0 spiro atoms. The zero-order valence-corrected chi connectivity index (χ0v) is 10.8. The summed E-state index contributed by atoms with van der Waals surface area (Å²) >= 11 is 0. The molecule has 0 saturated heterocycles. The number of halogens is 2. The monoisotopic (exact) mass is 250 g/mol. The van der Waals surface area contributed by atoms with Gasteiger partial charge in [-0.25, -0.2) is 8.78 Å². The van der Waals surface area contributed by atoms with E-state index in [0.29, 0.717) is 12.5 Å². The van der Waals surface area contributed by atoms with Crippen LogP contribution in [-0.2, 0) is 0 Å². The molecule has 2 N–H and O–H groups in total. The third-order valence-corrected chi connectivity index (χ3v) is 3.37. The van der Waals surface area contributed by atoms with Crippen molar-refractivity contribution in [2.75, 3.05) is 33.3 Å². The summed E-state index contributed by atoms with van der Waals surface area (Å²) in [5, 5.41) is 13.0. The quantitative estimate of drug-likeness (QED) is 0.648. The van der Waals surface area contributed by atoms with Crippen molar-refractivity contribution in [1.29, 1.82) is 0 Å². The average molecular weight is 250 g/mol. The lowest BCUT2D eigenvalue weighted by Crippen LogP contribution is -2.58. The van der Waals surface area contributed by atoms with Crippen LogP contribution < -0.4 is 5.32 Å². The van der Waals surface area contributed by atoms with Crippen molar-refractivity contribution in [3.63, 3.8) is 0 Å². The lowest BCUT2D eigenvalue weighted by Gasteiger charge is -2.37. The number of hydrogen-bond acceptors (Lipinski definition) is 3. The number of rotatable bonds is 9. The summed E-state index contributed by atoms with van der Waals surface area (Å²) in [6.07, 6.45) is 0.828. The van der Waals surface area contributed by atoms with Crippen molar-refractivity contribution in [2.24, 2.45) is 5.92 Å². The SMILES string of the molecule is CCCNC(CO)(CN(C)CC(F)F)C1CC1. The maximum atomic E-state index is 12.3. The Hall–Kier alpha value is -0.260. The molecule has 0 aliphatic heterocycles. The molecule has 1 rings (SSSR count). The minimum Gasteiger partial charge on any atom is -0.394 e. The number of nitrogens with one attached hydrogen (secondary N) is 1. The number of alkyl halides is 2. The molecule has 3 nitrogen and oxygen atoms in total. The Morgan fingerprint density at radius 1 is 1.47 bits per heavy atom. The summed E-state index contributed by atoms with van der Waals surface area (Å²) in [6.45, 7) is 3.15. The number of hydrogen-bond donors (Lipinski definition) is 2. The normalized spacial score (nSPS) is 19.9. The highest BCUT2D eigenvalue weighted by Gasteiger charge is 2.45. The first kappa shape index (κ1) is 14.8. The zero-order chi connectivity index (χ0) is 12.9. The molecule has 1 aliphatic rings. The number of likely N-dealkylation sites (N-methyl/N-ethyl adjacent to an activating group) is 1. The van der Waals surface area contributed by atoms with Crippen molar-refractivity contribution >= 4 is 0 Å². The second kappa shape index (κ2) is 6.61. The van der Waals surface area contributed by atoms with E-state index in [2.05, 4.69) is 12.2 Å². The van der Waals surface area contributed by atoms with E-state index < -0.39 is 6.43 Å². The molecule has 17 heavy (non-hydrogen) atoms. The number of aliphatic hydroxyl groups excluding tert-OH is 1. The van der Waals surface area contributed by atoms with Gasteiger partial charge in [0.15, 0.2) is 0 Å². The lowest BCUT2D eigenvalue weighted by molar-refractivity contribution is 0.0585. The van der Waals surface area contributed by atoms with Crippen LogP contribution in [0.15, 0.2) is 0 Å². The molecule has 1 aliphatic carbocycles. The molecule has 0 aromatic rings. The van der Waals surface area contributed by atoms with E-state index in [0.717, 1.165) is 25.8 Å². The second-order valence-corrected chi connectivity index (χ2v) is 5.10. The Labute approximate surface area is 102 Å². The summed E-state index contributed by atoms with van der Waals surface area (Å²) in [4.78, 5) is 1.61. The topological polar surface area (TPSA) is 35.5 Å². The summed E-state index contributed by atoms with van der Waals surface area (Å²) in [7, 11) is 1.69. The van der Waals surface area contributed by atoms with Crippen LogP contribution in [0.2, 0.25) is 0 Å². The van der Waals surface area contributed by atoms with Gasteiger partial charge in [-0.1, -0.05) is 6.92 Å². The van der Waals surface area contributed by atoms with Crippen molar-refractivity contribution in [1.82, 2.24) is 10.2 Å². The summed E-state index contributed by atoms with van der Waals surface area (Å²) < 4.78 is 24.6. The van der Waals surface area contributed by atoms with Crippen molar-refractivity contribution < 1.29 is 13.9 Å². The highest BCUT2D eigenvalue weighted by atomic mass is 19.3. The molecule has 1 unspecified atom stereocenters. The van der Waals surface area contributed by atoms with Gasteiger partial charge in [-0.05, 0) is 38.8 Å². The summed E-state index contributed by atoms with van der Waals surface area (Å²) in [5.74, 6) is 0.430. The van der Waals surface area contributed by atoms with Gasteiger partial charge in [0.05, 0.1) is 18.7 Å². The number of aliphatic hydroxyl groups is 1. The van der Waals surface area contributed by atoms with Gasteiger partial charge in [-0.2, -0.15) is 0 Å². The van der Waals surface area contributed by atoms with Gasteiger partial charge in [0, 0.05) is 6.54 Å². The van der Waals surface area contributed by atoms with Crippen LogP contribution in [0.5, 0.6) is 0 Å². The first-order valence-corrected chi connectivity index (χ1v) is 6.36. The first-order chi connectivity index (χ1) is 8.04. The molecule has 102 valence electrons. The van der Waals surface area contributed by atoms with Crippen LogP contribution in [0.3, 0.4) is 0 Å². The predicted octanol–water partition coefficient (Wildman–Crippen LogP) is 1.32. The fraction of sp³-hybridized carbons (Fsp3) is 1.00. The van der Waals surface area contributed by atoms with Crippen LogP contribution >= 0.6 is 0 Å². The molecular weight excluding hydrogens is 226 g/mol. The highest BCUT2D eigenvalue weighted by Crippen LogP contribution is 2.40. The van der Waals surface area contributed by atoms with Crippen LogP contribution in [0.4, 0.5) is 8.78 Å². The lowest BCUT2D eigenvalue weighted by atomic mass is 9.93. The maximum Gasteiger partial charge on any atom is 0.251 e. The van der Waals surface area contributed by atoms with Gasteiger partial charge in [-0.15, -0.1) is 0 Å². The van der Waals surface area contributed by atoms with Crippen LogP contribution in [0.1, 0.15) is 26.2 Å². The molecule has 0 bridgehead atoms. The van der Waals surface area contributed by atoms with Crippen LogP contribution in [-0.4, -0.2) is 55.3 Å². The van der Waals surface area contributed by atoms with Gasteiger partial charge in [-0.3, -0.25) is 4.90 Å².